The van der Waals surface area contributed by atoms with E-state index in [2.05, 4.69) is 0 Å². The van der Waals surface area contributed by atoms with E-state index in [0.29, 0.717) is 6.61 Å². The molecule has 1 heterocycles. The van der Waals surface area contributed by atoms with Crippen LogP contribution in [0.4, 0.5) is 0 Å². The molecule has 0 aliphatic rings. The Kier molecular flexibility index (Phi) is 15.0. The molecule has 0 radical (unpaired) electrons. The zero-order valence-corrected chi connectivity index (χ0v) is 11.1. The van der Waals surface area contributed by atoms with Gasteiger partial charge in [0.2, 0.25) is 0 Å². The second-order valence-corrected chi connectivity index (χ2v) is 3.03. The molecule has 0 spiro atoms. The largest absolute Gasteiger partial charge is 0.492 e. The van der Waals surface area contributed by atoms with Crippen LogP contribution in [0.3, 0.4) is 0 Å². The SMILES string of the molecule is CC.CCOc1ccsc1/C=C/C=O.CO. The first-order chi connectivity index (χ1) is 7.88. The van der Waals surface area contributed by atoms with Gasteiger partial charge in [0.1, 0.15) is 12.0 Å². The van der Waals surface area contributed by atoms with Gasteiger partial charge < -0.3 is 9.84 Å². The van der Waals surface area contributed by atoms with Crippen LogP contribution in [0.1, 0.15) is 25.6 Å². The normalized spacial score (nSPS) is 8.56. The predicted octanol–water partition coefficient (Wildman–Crippen LogP) is 2.99. The summed E-state index contributed by atoms with van der Waals surface area (Å²) >= 11 is 1.56. The van der Waals surface area contributed by atoms with Crippen LogP contribution >= 0.6 is 11.3 Å². The molecular weight excluding hydrogens is 224 g/mol. The zero-order chi connectivity index (χ0) is 12.8. The summed E-state index contributed by atoms with van der Waals surface area (Å²) in [6, 6.07) is 1.90. The minimum atomic E-state index is 0.651. The Morgan fingerprint density at radius 3 is 2.56 bits per heavy atom. The third-order valence-corrected chi connectivity index (χ3v) is 2.15. The second-order valence-electron chi connectivity index (χ2n) is 2.08. The Labute approximate surface area is 101 Å². The molecule has 0 saturated carbocycles. The summed E-state index contributed by atoms with van der Waals surface area (Å²) in [7, 11) is 1.00. The zero-order valence-electron chi connectivity index (χ0n) is 10.3. The van der Waals surface area contributed by atoms with Crippen LogP contribution in [0.25, 0.3) is 6.08 Å². The van der Waals surface area contributed by atoms with E-state index >= 15 is 0 Å². The van der Waals surface area contributed by atoms with Crippen molar-refractivity contribution in [3.63, 3.8) is 0 Å². The van der Waals surface area contributed by atoms with E-state index in [0.717, 1.165) is 24.0 Å². The minimum absolute atomic E-state index is 0.651. The molecule has 3 nitrogen and oxygen atoms in total. The fraction of sp³-hybridized carbons (Fsp3) is 0.417. The van der Waals surface area contributed by atoms with E-state index in [1.807, 2.05) is 32.2 Å². The van der Waals surface area contributed by atoms with Crippen molar-refractivity contribution in [3.05, 3.63) is 22.4 Å². The van der Waals surface area contributed by atoms with Crippen LogP contribution in [0, 0.1) is 0 Å². The number of carbonyl (C=O) groups excluding carboxylic acids is 1. The lowest BCUT2D eigenvalue weighted by Crippen LogP contribution is -1.90. The van der Waals surface area contributed by atoms with Crippen LogP contribution < -0.4 is 4.74 Å². The number of aliphatic hydroxyl groups excluding tert-OH is 1. The van der Waals surface area contributed by atoms with Crippen molar-refractivity contribution < 1.29 is 14.6 Å². The fourth-order valence-electron chi connectivity index (χ4n) is 0.832. The van der Waals surface area contributed by atoms with Gasteiger partial charge in [0.05, 0.1) is 11.5 Å². The first-order valence-corrected chi connectivity index (χ1v) is 6.03. The van der Waals surface area contributed by atoms with Crippen molar-refractivity contribution in [2.45, 2.75) is 20.8 Å². The molecule has 1 rings (SSSR count). The maximum atomic E-state index is 10.0. The van der Waals surface area contributed by atoms with Gasteiger partial charge in [-0.15, -0.1) is 11.3 Å². The predicted molar refractivity (Wildman–Crippen MR) is 70.1 cm³/mol. The molecule has 1 aromatic rings. The Morgan fingerprint density at radius 2 is 2.06 bits per heavy atom. The van der Waals surface area contributed by atoms with Gasteiger partial charge in [0, 0.05) is 7.11 Å². The Hall–Kier alpha value is -1.13. The van der Waals surface area contributed by atoms with Crippen molar-refractivity contribution >= 4 is 23.7 Å². The third-order valence-electron chi connectivity index (χ3n) is 1.28. The van der Waals surface area contributed by atoms with E-state index in [1.54, 1.807) is 17.4 Å². The van der Waals surface area contributed by atoms with Crippen LogP contribution in [-0.2, 0) is 4.79 Å². The second kappa shape index (κ2) is 13.9. The molecule has 16 heavy (non-hydrogen) atoms. The van der Waals surface area contributed by atoms with E-state index in [9.17, 15) is 4.79 Å². The van der Waals surface area contributed by atoms with Gasteiger partial charge >= 0.3 is 0 Å². The number of carbonyl (C=O) groups is 1. The van der Waals surface area contributed by atoms with Gasteiger partial charge in [-0.3, -0.25) is 4.79 Å². The Morgan fingerprint density at radius 1 is 1.44 bits per heavy atom. The van der Waals surface area contributed by atoms with Gasteiger partial charge in [-0.25, -0.2) is 0 Å². The van der Waals surface area contributed by atoms with E-state index in [-0.39, 0.29) is 0 Å². The van der Waals surface area contributed by atoms with Crippen molar-refractivity contribution in [2.24, 2.45) is 0 Å². The summed E-state index contributed by atoms with van der Waals surface area (Å²) in [5.41, 5.74) is 0. The number of allylic oxidation sites excluding steroid dienone is 1. The van der Waals surface area contributed by atoms with Crippen molar-refractivity contribution in [1.82, 2.24) is 0 Å². The number of aliphatic hydroxyl groups is 1. The molecule has 0 bridgehead atoms. The highest BCUT2D eigenvalue weighted by Gasteiger charge is 1.99. The highest BCUT2D eigenvalue weighted by atomic mass is 32.1. The standard InChI is InChI=1S/C9H10O2S.C2H6.CH4O/c1-2-11-8-5-7-12-9(8)4-3-6-10;2*1-2/h3-7H,2H2,1H3;1-2H3;2H,1H3/b4-3+;;. The highest BCUT2D eigenvalue weighted by Crippen LogP contribution is 2.25. The summed E-state index contributed by atoms with van der Waals surface area (Å²) in [4.78, 5) is 11.0. The van der Waals surface area contributed by atoms with Crippen LogP contribution in [0.5, 0.6) is 5.75 Å². The highest BCUT2D eigenvalue weighted by molar-refractivity contribution is 7.11. The smallest absolute Gasteiger partial charge is 0.142 e. The molecule has 0 amide bonds. The van der Waals surface area contributed by atoms with Crippen molar-refractivity contribution in [1.29, 1.82) is 0 Å². The number of rotatable bonds is 4. The number of thiophene rings is 1. The van der Waals surface area contributed by atoms with Gasteiger partial charge in [0.15, 0.2) is 0 Å². The molecule has 0 aliphatic heterocycles. The minimum Gasteiger partial charge on any atom is -0.492 e. The molecule has 0 aliphatic carbocycles. The number of hydrogen-bond acceptors (Lipinski definition) is 4. The molecule has 0 unspecified atom stereocenters. The van der Waals surface area contributed by atoms with E-state index in [1.165, 1.54) is 6.08 Å². The molecule has 0 fully saturated rings. The Balaban J connectivity index is 0. The number of hydrogen-bond donors (Lipinski definition) is 1. The topological polar surface area (TPSA) is 46.5 Å². The average molecular weight is 244 g/mol. The molecule has 0 saturated heterocycles. The third kappa shape index (κ3) is 7.20. The van der Waals surface area contributed by atoms with Crippen LogP contribution in [0.2, 0.25) is 0 Å². The van der Waals surface area contributed by atoms with Crippen molar-refractivity contribution in [2.75, 3.05) is 13.7 Å². The summed E-state index contributed by atoms with van der Waals surface area (Å²) in [6.45, 7) is 6.59. The molecule has 0 aromatic carbocycles. The van der Waals surface area contributed by atoms with Gasteiger partial charge in [-0.2, -0.15) is 0 Å². The quantitative estimate of drug-likeness (QED) is 0.654. The summed E-state index contributed by atoms with van der Waals surface area (Å²) < 4.78 is 5.32. The van der Waals surface area contributed by atoms with Crippen LogP contribution in [0.15, 0.2) is 17.5 Å². The van der Waals surface area contributed by atoms with E-state index < -0.39 is 0 Å². The summed E-state index contributed by atoms with van der Waals surface area (Å²) in [5.74, 6) is 0.848. The van der Waals surface area contributed by atoms with Crippen LogP contribution in [-0.4, -0.2) is 25.1 Å². The molecule has 4 heteroatoms. The Bertz CT molecular complexity index is 280. The molecule has 0 atom stereocenters. The maximum Gasteiger partial charge on any atom is 0.142 e. The first-order valence-electron chi connectivity index (χ1n) is 5.15. The maximum absolute atomic E-state index is 10.0. The summed E-state index contributed by atoms with van der Waals surface area (Å²) in [5, 5.41) is 8.94. The molecule has 1 aromatic heterocycles. The lowest BCUT2D eigenvalue weighted by molar-refractivity contribution is -0.104. The number of aldehydes is 1. The lowest BCUT2D eigenvalue weighted by Gasteiger charge is -1.99. The van der Waals surface area contributed by atoms with Gasteiger partial charge in [-0.05, 0) is 30.5 Å². The van der Waals surface area contributed by atoms with Gasteiger partial charge in [0.25, 0.3) is 0 Å². The van der Waals surface area contributed by atoms with Crippen molar-refractivity contribution in [3.8, 4) is 5.75 Å². The summed E-state index contributed by atoms with van der Waals surface area (Å²) in [6.07, 6.45) is 3.98. The first kappa shape index (κ1) is 17.3. The van der Waals surface area contributed by atoms with E-state index in [4.69, 9.17) is 9.84 Å². The monoisotopic (exact) mass is 244 g/mol. The average Bonchev–Trinajstić information content (AvgIpc) is 2.80. The number of ether oxygens (including phenoxy) is 1. The van der Waals surface area contributed by atoms with Gasteiger partial charge in [-0.1, -0.05) is 13.8 Å². The molecule has 1 N–H and O–H groups in total. The lowest BCUT2D eigenvalue weighted by atomic mass is 10.4. The molecular formula is C12H20O3S. The molecule has 92 valence electrons. The fourth-order valence-corrected chi connectivity index (χ4v) is 1.57.